The van der Waals surface area contributed by atoms with E-state index < -0.39 is 6.10 Å². The molecule has 3 N–H and O–H groups in total. The second-order valence-electron chi connectivity index (χ2n) is 8.82. The number of aliphatic hydroxyl groups excluding tert-OH is 1. The van der Waals surface area contributed by atoms with Crippen molar-refractivity contribution in [1.29, 1.82) is 0 Å². The largest absolute Gasteiger partial charge is 0.393 e. The number of carbonyl (C=O) groups is 1. The van der Waals surface area contributed by atoms with Gasteiger partial charge in [-0.05, 0) is 37.5 Å². The van der Waals surface area contributed by atoms with Crippen molar-refractivity contribution < 1.29 is 9.90 Å². The summed E-state index contributed by atoms with van der Waals surface area (Å²) in [5.41, 5.74) is 4.44. The molecule has 0 radical (unpaired) electrons. The molecule has 2 amide bonds. The summed E-state index contributed by atoms with van der Waals surface area (Å²) in [5.74, 6) is 0.658. The third-order valence-corrected chi connectivity index (χ3v) is 6.42. The predicted molar refractivity (Wildman–Crippen MR) is 131 cm³/mol. The maximum Gasteiger partial charge on any atom is 0.320 e. The highest BCUT2D eigenvalue weighted by atomic mass is 16.3. The Morgan fingerprint density at radius 1 is 1.06 bits per heavy atom. The van der Waals surface area contributed by atoms with E-state index in [0.29, 0.717) is 18.7 Å². The number of anilines is 1. The van der Waals surface area contributed by atoms with Gasteiger partial charge in [-0.2, -0.15) is 10.2 Å². The molecule has 8 nitrogen and oxygen atoms in total. The molecule has 8 heteroatoms. The van der Waals surface area contributed by atoms with E-state index in [1.165, 1.54) is 0 Å². The van der Waals surface area contributed by atoms with Crippen molar-refractivity contribution in [3.63, 3.8) is 0 Å². The quantitative estimate of drug-likeness (QED) is 0.423. The van der Waals surface area contributed by atoms with Crippen molar-refractivity contribution in [1.82, 2.24) is 24.9 Å². The maximum atomic E-state index is 13.2. The van der Waals surface area contributed by atoms with Crippen LogP contribution in [0.25, 0.3) is 16.9 Å². The number of benzene rings is 2. The van der Waals surface area contributed by atoms with Crippen LogP contribution in [0.2, 0.25) is 0 Å². The predicted octanol–water partition coefficient (Wildman–Crippen LogP) is 4.01. The van der Waals surface area contributed by atoms with Crippen molar-refractivity contribution in [3.05, 3.63) is 84.2 Å². The first kappa shape index (κ1) is 21.9. The van der Waals surface area contributed by atoms with Crippen LogP contribution in [0.5, 0.6) is 0 Å². The molecule has 2 aromatic carbocycles. The second-order valence-corrected chi connectivity index (χ2v) is 8.82. The number of aryl methyl sites for hydroxylation is 1. The van der Waals surface area contributed by atoms with Crippen LogP contribution >= 0.6 is 0 Å². The molecule has 4 aromatic rings. The number of hydrogen-bond donors (Lipinski definition) is 3. The van der Waals surface area contributed by atoms with Crippen molar-refractivity contribution in [2.75, 3.05) is 5.32 Å². The van der Waals surface area contributed by atoms with Crippen molar-refractivity contribution in [3.8, 4) is 16.9 Å². The van der Waals surface area contributed by atoms with E-state index in [0.717, 1.165) is 28.1 Å². The van der Waals surface area contributed by atoms with E-state index >= 15 is 0 Å². The number of nitrogens with one attached hydrogen (secondary N) is 2. The summed E-state index contributed by atoms with van der Waals surface area (Å²) in [6.45, 7) is 1.94. The van der Waals surface area contributed by atoms with Crippen LogP contribution in [0.1, 0.15) is 29.9 Å². The number of rotatable bonds is 5. The summed E-state index contributed by atoms with van der Waals surface area (Å²) < 4.78 is 3.47. The van der Waals surface area contributed by atoms with Crippen molar-refractivity contribution in [2.45, 2.75) is 37.8 Å². The topological polar surface area (TPSA) is 97.0 Å². The molecular formula is C26H28N6O2. The number of urea groups is 1. The zero-order valence-corrected chi connectivity index (χ0v) is 19.2. The fourth-order valence-electron chi connectivity index (χ4n) is 4.77. The number of aliphatic hydroxyl groups is 1. The zero-order chi connectivity index (χ0) is 23.7. The van der Waals surface area contributed by atoms with Gasteiger partial charge in [-0.15, -0.1) is 0 Å². The van der Waals surface area contributed by atoms with Gasteiger partial charge < -0.3 is 10.4 Å². The first-order chi connectivity index (χ1) is 16.5. The number of aromatic nitrogens is 4. The first-order valence-electron chi connectivity index (χ1n) is 11.4. The third kappa shape index (κ3) is 4.32. The van der Waals surface area contributed by atoms with Gasteiger partial charge in [-0.25, -0.2) is 9.48 Å². The van der Waals surface area contributed by atoms with Gasteiger partial charge >= 0.3 is 6.03 Å². The average Bonchev–Trinajstić information content (AvgIpc) is 3.52. The normalized spacial score (nSPS) is 19.8. The zero-order valence-electron chi connectivity index (χ0n) is 19.2. The van der Waals surface area contributed by atoms with Gasteiger partial charge in [0.1, 0.15) is 11.5 Å². The Kier molecular flexibility index (Phi) is 5.90. The minimum absolute atomic E-state index is 0.0630. The van der Waals surface area contributed by atoms with Crippen LogP contribution in [0.3, 0.4) is 0 Å². The smallest absolute Gasteiger partial charge is 0.320 e. The Bertz CT molecular complexity index is 1280. The van der Waals surface area contributed by atoms with Crippen LogP contribution in [0.4, 0.5) is 10.6 Å². The Morgan fingerprint density at radius 3 is 2.44 bits per heavy atom. The molecular weight excluding hydrogens is 428 g/mol. The number of carbonyl (C=O) groups excluding carboxylic acids is 1. The van der Waals surface area contributed by atoms with E-state index in [1.54, 1.807) is 15.6 Å². The highest BCUT2D eigenvalue weighted by Crippen LogP contribution is 2.35. The Morgan fingerprint density at radius 2 is 1.76 bits per heavy atom. The van der Waals surface area contributed by atoms with Crippen molar-refractivity contribution >= 4 is 11.8 Å². The number of amides is 2. The molecule has 0 spiro atoms. The van der Waals surface area contributed by atoms with E-state index in [4.69, 9.17) is 5.10 Å². The SMILES string of the molecule is Cc1c(-c2cnn(C)c2)nn(-c2ccccc2)c1NC(=O)N[C@@H]1CC(O)C[C@H]1c1ccccc1. The summed E-state index contributed by atoms with van der Waals surface area (Å²) in [6, 6.07) is 19.2. The summed E-state index contributed by atoms with van der Waals surface area (Å²) in [6.07, 6.45) is 4.37. The van der Waals surface area contributed by atoms with Crippen LogP contribution in [0.15, 0.2) is 73.1 Å². The Labute approximate surface area is 198 Å². The number of nitrogens with zero attached hydrogens (tertiary/aromatic N) is 4. The van der Waals surface area contributed by atoms with Gasteiger partial charge in [0.25, 0.3) is 0 Å². The highest BCUT2D eigenvalue weighted by Gasteiger charge is 2.35. The van der Waals surface area contributed by atoms with Gasteiger partial charge in [0.05, 0.1) is 18.0 Å². The summed E-state index contributed by atoms with van der Waals surface area (Å²) in [7, 11) is 1.86. The summed E-state index contributed by atoms with van der Waals surface area (Å²) >= 11 is 0. The molecule has 5 rings (SSSR count). The van der Waals surface area contributed by atoms with E-state index in [2.05, 4.69) is 15.7 Å². The molecule has 0 bridgehead atoms. The molecule has 1 unspecified atom stereocenters. The molecule has 1 aliphatic carbocycles. The van der Waals surface area contributed by atoms with Crippen LogP contribution in [0, 0.1) is 6.92 Å². The second kappa shape index (κ2) is 9.15. The van der Waals surface area contributed by atoms with Gasteiger partial charge in [-0.3, -0.25) is 10.00 Å². The third-order valence-electron chi connectivity index (χ3n) is 6.42. The average molecular weight is 457 g/mol. The summed E-state index contributed by atoms with van der Waals surface area (Å²) in [5, 5.41) is 25.5. The Balaban J connectivity index is 1.43. The molecule has 3 atom stereocenters. The Hall–Kier alpha value is -3.91. The molecule has 1 saturated carbocycles. The molecule has 1 aliphatic rings. The van der Waals surface area contributed by atoms with E-state index in [-0.39, 0.29) is 18.0 Å². The van der Waals surface area contributed by atoms with Gasteiger partial charge in [0, 0.05) is 36.3 Å². The lowest BCUT2D eigenvalue weighted by molar-refractivity contribution is 0.178. The monoisotopic (exact) mass is 456 g/mol. The molecule has 0 saturated heterocycles. The number of para-hydroxylation sites is 1. The fourth-order valence-corrected chi connectivity index (χ4v) is 4.77. The van der Waals surface area contributed by atoms with Crippen LogP contribution in [-0.4, -0.2) is 42.8 Å². The molecule has 2 aromatic heterocycles. The van der Waals surface area contributed by atoms with Crippen molar-refractivity contribution in [2.24, 2.45) is 7.05 Å². The molecule has 0 aliphatic heterocycles. The lowest BCUT2D eigenvalue weighted by Crippen LogP contribution is -2.40. The summed E-state index contributed by atoms with van der Waals surface area (Å²) in [4.78, 5) is 13.2. The van der Waals surface area contributed by atoms with Gasteiger partial charge in [-0.1, -0.05) is 48.5 Å². The highest BCUT2D eigenvalue weighted by molar-refractivity contribution is 5.91. The lowest BCUT2D eigenvalue weighted by Gasteiger charge is -2.21. The van der Waals surface area contributed by atoms with Gasteiger partial charge in [0.15, 0.2) is 0 Å². The minimum atomic E-state index is -0.440. The first-order valence-corrected chi connectivity index (χ1v) is 11.4. The molecule has 2 heterocycles. The lowest BCUT2D eigenvalue weighted by atomic mass is 9.94. The number of hydrogen-bond acceptors (Lipinski definition) is 4. The molecule has 1 fully saturated rings. The van der Waals surface area contributed by atoms with Crippen LogP contribution < -0.4 is 10.6 Å². The maximum absolute atomic E-state index is 13.2. The van der Waals surface area contributed by atoms with E-state index in [1.807, 2.05) is 80.8 Å². The fraction of sp³-hybridized carbons (Fsp3) is 0.269. The van der Waals surface area contributed by atoms with E-state index in [9.17, 15) is 9.90 Å². The van der Waals surface area contributed by atoms with Crippen LogP contribution in [-0.2, 0) is 7.05 Å². The minimum Gasteiger partial charge on any atom is -0.393 e. The standard InChI is InChI=1S/C26H28N6O2/c1-17-24(19-15-27-31(2)16-19)30-32(20-11-7-4-8-12-20)25(17)29-26(34)28-23-14-21(33)13-22(23)18-9-5-3-6-10-18/h3-12,15-16,21-23,33H,13-14H2,1-2H3,(H2,28,29,34)/t21?,22-,23+/m0/s1. The van der Waals surface area contributed by atoms with Gasteiger partial charge in [0.2, 0.25) is 0 Å². The molecule has 34 heavy (non-hydrogen) atoms. The molecule has 174 valence electrons.